The molecule has 1 N–H and O–H groups in total. The van der Waals surface area contributed by atoms with Crippen LogP contribution in [-0.4, -0.2) is 158 Å². The number of sulfonamides is 3. The second-order valence-corrected chi connectivity index (χ2v) is 48.9. The van der Waals surface area contributed by atoms with Crippen LogP contribution < -0.4 is 28.4 Å². The molecule has 4 saturated heterocycles. The lowest BCUT2D eigenvalue weighted by atomic mass is 9.64. The van der Waals surface area contributed by atoms with Gasteiger partial charge < -0.3 is 33.4 Å². The van der Waals surface area contributed by atoms with Crippen molar-refractivity contribution in [3.8, 4) is 28.7 Å². The van der Waals surface area contributed by atoms with Crippen molar-refractivity contribution in [2.24, 2.45) is 35.5 Å². The number of carbonyl (C=O) groups excluding carboxylic acids is 1. The Kier molecular flexibility index (Phi) is 27.1. The van der Waals surface area contributed by atoms with Crippen LogP contribution in [0.2, 0.25) is 0 Å². The molecule has 8 aromatic rings. The van der Waals surface area contributed by atoms with Gasteiger partial charge in [0.05, 0.1) is 97.9 Å². The van der Waals surface area contributed by atoms with Crippen LogP contribution in [0.25, 0.3) is 0 Å². The third kappa shape index (κ3) is 17.2. The van der Waals surface area contributed by atoms with E-state index in [4.69, 9.17) is 23.7 Å². The SMILES string of the molecule is C=CC[C@@H]1C[C@@H]2[C@@H](CC[C@@]3(S(=O)(=O)c4ccc(C(F)(F)F)cc4)c4c(F)ccc(F)c4OC[C@@H]23)N(Cc2ccc(OC)cc2)S1(=O)=O.COc1ccc(CN2[C@@H]3CC[C@@]4(S(=O)(=O)c5ccc(C(F)(F)F)cc5)c5c(F)ccc(F)c5OC[C@H]4[C@@H]3C[C@@H](CC=O)S2(=O)=O)cc1.O=S1(=O)N[C@@H]2CC[C@@]3(S(=O)(=O)c4ccc(C(F)(F)F)cc4)c4c(F)ccc(F)c4OC[C@H]3[C@@H]2C[C@H]1CCN1CCCC1. The summed E-state index contributed by atoms with van der Waals surface area (Å²) in [4.78, 5) is 12.4. The monoisotopic (exact) mass is 2030 g/mol. The largest absolute Gasteiger partial charge is 0.497 e. The molecule has 7 fully saturated rings. The van der Waals surface area contributed by atoms with Gasteiger partial charge in [-0.2, -0.15) is 48.1 Å². The average Bonchev–Trinajstić information content (AvgIpc) is 0.730. The minimum Gasteiger partial charge on any atom is -0.497 e. The maximum Gasteiger partial charge on any atom is 0.416 e. The second kappa shape index (κ2) is 37.0. The van der Waals surface area contributed by atoms with E-state index in [1.54, 1.807) is 48.5 Å². The molecule has 0 amide bonds. The van der Waals surface area contributed by atoms with E-state index in [0.29, 0.717) is 78.3 Å². The number of nitrogens with one attached hydrogen (secondary N) is 1. The standard InChI is InChI=1S/C33H32F5NO6S2.C32H30F5NO7S2.C28H31F5N2O5S2/c1-3-4-24-17-25-26-19-45-31-28(35)14-13-27(34)30(31)32(26,46(40,41)23-11-7-21(8-12-23)33(36,37)38)16-15-29(25)39(47(24,42)43)18-20-5-9-22(44-2)10-6-20;1-44-21-6-2-19(3-7-21)17-38-28-12-14-31(46(40,41)22-8-4-20(5-9-22)32(35,36)37)25(24(28)16-23(13-15-39)47(38,42)43)18-45-30-27(34)11-10-26(33)29(30)31;29-22-7-8-23(30)26-25(22)27(41(36,37)18-5-3-17(4-6-18)28(31,32)33)11-9-24-20(21(27)16-40-26)15-19(42(38,39)34-24)10-14-35-12-1-2-13-35/h3,5-14,24-26,29H,1,4,15-19H2,2H3;2-11,15,23-25,28H,12-14,16-18H2,1H3;3-8,19-21,24,34H,1-2,9-16H2/t24-,25+,26+,29-,32+;23-,24+,25+,28-,31+;19-,20+,21+,24-,27+/m111/s1. The Bertz CT molecular complexity index is 6350. The highest BCUT2D eigenvalue weighted by molar-refractivity contribution is 7.93. The van der Waals surface area contributed by atoms with Crippen molar-refractivity contribution in [2.45, 2.75) is 184 Å². The zero-order valence-corrected chi connectivity index (χ0v) is 77.6. The highest BCUT2D eigenvalue weighted by atomic mass is 32.2. The molecule has 0 bridgehead atoms. The first-order valence-electron chi connectivity index (χ1n) is 43.7. The van der Waals surface area contributed by atoms with E-state index in [1.807, 2.05) is 0 Å². The van der Waals surface area contributed by atoms with Crippen LogP contribution in [0.3, 0.4) is 0 Å². The number of rotatable bonds is 19. The van der Waals surface area contributed by atoms with Gasteiger partial charge in [0, 0.05) is 55.4 Å². The van der Waals surface area contributed by atoms with E-state index in [-0.39, 0.29) is 90.5 Å². The molecule has 0 radical (unpaired) electrons. The number of fused-ring (bicyclic) bond motifs is 15. The smallest absolute Gasteiger partial charge is 0.416 e. The van der Waals surface area contributed by atoms with E-state index < -0.39 is 275 Å². The van der Waals surface area contributed by atoms with Crippen LogP contribution in [-0.2, 0) is 110 Å². The third-order valence-corrected chi connectivity index (χ3v) is 43.4. The summed E-state index contributed by atoms with van der Waals surface area (Å²) in [6.07, 6.45) is -11.4. The van der Waals surface area contributed by atoms with Gasteiger partial charge in [0.25, 0.3) is 0 Å². The van der Waals surface area contributed by atoms with Gasteiger partial charge in [0.1, 0.15) is 49.5 Å². The van der Waals surface area contributed by atoms with Crippen LogP contribution in [0.1, 0.15) is 134 Å². The average molecular weight is 2030 g/mol. The normalized spacial score (nSPS) is 28.3. The number of nitrogens with zero attached hydrogens (tertiary/aromatic N) is 3. The number of benzene rings is 8. The molecule has 18 rings (SSSR count). The number of aldehydes is 1. The third-order valence-electron chi connectivity index (χ3n) is 29.2. The molecule has 43 heteroatoms. The van der Waals surface area contributed by atoms with Crippen molar-refractivity contribution in [3.05, 3.63) is 250 Å². The number of halogens is 15. The lowest BCUT2D eigenvalue weighted by molar-refractivity contribution is -0.138. The van der Waals surface area contributed by atoms with Gasteiger partial charge in [-0.15, -0.1) is 6.58 Å². The minimum absolute atomic E-state index is 0.00843. The second-order valence-electron chi connectivity index (χ2n) is 35.9. The van der Waals surface area contributed by atoms with Gasteiger partial charge in [-0.05, 0) is 265 Å². The van der Waals surface area contributed by atoms with Gasteiger partial charge in [-0.1, -0.05) is 30.3 Å². The summed E-state index contributed by atoms with van der Waals surface area (Å²) in [5, 5.41) is -3.08. The van der Waals surface area contributed by atoms with E-state index in [2.05, 4.69) is 16.2 Å². The van der Waals surface area contributed by atoms with Gasteiger partial charge in [0.15, 0.2) is 64.2 Å². The zero-order chi connectivity index (χ0) is 98.0. The number of likely N-dealkylation sites (tertiary alicyclic amines) is 1. The number of alkyl halides is 9. The lowest BCUT2D eigenvalue weighted by Gasteiger charge is -2.57. The Hall–Kier alpha value is -9.34. The Balaban J connectivity index is 0.000000148. The van der Waals surface area contributed by atoms with Crippen molar-refractivity contribution >= 4 is 65.9 Å². The topological polar surface area (TPSA) is 290 Å². The van der Waals surface area contributed by atoms with Crippen molar-refractivity contribution in [1.82, 2.24) is 18.2 Å². The minimum atomic E-state index is -4.80. The maximum atomic E-state index is 15.9. The fourth-order valence-electron chi connectivity index (χ4n) is 22.8. The van der Waals surface area contributed by atoms with Crippen LogP contribution >= 0.6 is 0 Å². The fraction of sp³-hybridized carbons (Fsp3) is 0.452. The number of carbonyl (C=O) groups is 1. The predicted octanol–water partition coefficient (Wildman–Crippen LogP) is 16.9. The number of sulfone groups is 3. The first-order chi connectivity index (χ1) is 64.1. The number of methoxy groups -OCH3 is 2. The van der Waals surface area contributed by atoms with E-state index in [9.17, 15) is 99.2 Å². The molecule has 0 aromatic heterocycles. The lowest BCUT2D eigenvalue weighted by Crippen LogP contribution is -2.64. The molecule has 0 unspecified atom stereocenters. The van der Waals surface area contributed by atoms with Gasteiger partial charge in [-0.3, -0.25) is 0 Å². The van der Waals surface area contributed by atoms with Crippen molar-refractivity contribution in [2.75, 3.05) is 53.7 Å². The van der Waals surface area contributed by atoms with E-state index in [1.165, 1.54) is 28.9 Å². The first kappa shape index (κ1) is 99.7. The summed E-state index contributed by atoms with van der Waals surface area (Å²) in [7, 11) is -23.0. The van der Waals surface area contributed by atoms with Gasteiger partial charge in [-0.25, -0.2) is 81.6 Å². The number of allylic oxidation sites excluding steroid dienone is 1. The van der Waals surface area contributed by atoms with Gasteiger partial charge >= 0.3 is 18.5 Å². The molecule has 10 aliphatic rings. The highest BCUT2D eigenvalue weighted by Crippen LogP contribution is 2.65. The van der Waals surface area contributed by atoms with E-state index >= 15 is 22.0 Å². The van der Waals surface area contributed by atoms with Crippen LogP contribution in [0, 0.1) is 70.4 Å². The summed E-state index contributed by atoms with van der Waals surface area (Å²) in [6, 6.07) is 24.8. The van der Waals surface area contributed by atoms with Crippen molar-refractivity contribution < 1.29 is 145 Å². The summed E-state index contributed by atoms with van der Waals surface area (Å²) in [5.74, 6) is -12.1. The molecule has 0 spiro atoms. The quantitative estimate of drug-likeness (QED) is 0.0447. The van der Waals surface area contributed by atoms with E-state index in [0.717, 1.165) is 98.7 Å². The molecular formula is C93H93F15N4O18S6. The summed E-state index contributed by atoms with van der Waals surface area (Å²) >= 11 is 0. The maximum absolute atomic E-state index is 15.9. The molecule has 734 valence electrons. The molecule has 7 aliphatic heterocycles. The van der Waals surface area contributed by atoms with Crippen molar-refractivity contribution in [3.63, 3.8) is 0 Å². The molecule has 22 nitrogen and oxygen atoms in total. The number of hydrogen-bond acceptors (Lipinski definition) is 19. The number of hydrogen-bond donors (Lipinski definition) is 1. The molecule has 136 heavy (non-hydrogen) atoms. The highest BCUT2D eigenvalue weighted by Gasteiger charge is 2.70. The Morgan fingerprint density at radius 1 is 0.441 bits per heavy atom. The summed E-state index contributed by atoms with van der Waals surface area (Å²) < 4.78 is 410. The van der Waals surface area contributed by atoms with Crippen molar-refractivity contribution in [1.29, 1.82) is 0 Å². The fourth-order valence-corrected chi connectivity index (χ4v) is 36.2. The van der Waals surface area contributed by atoms with Gasteiger partial charge in [0.2, 0.25) is 30.1 Å². The Labute approximate surface area is 776 Å². The zero-order valence-electron chi connectivity index (χ0n) is 72.7. The molecule has 3 saturated carbocycles. The molecule has 3 aliphatic carbocycles. The number of ether oxygens (including phenoxy) is 5. The molecule has 8 aromatic carbocycles. The Morgan fingerprint density at radius 3 is 1.10 bits per heavy atom. The molecular weight excluding hydrogens is 1940 g/mol. The molecule has 15 atom stereocenters. The first-order valence-corrected chi connectivity index (χ1v) is 52.7. The predicted molar refractivity (Wildman–Crippen MR) is 464 cm³/mol. The van der Waals surface area contributed by atoms with Crippen LogP contribution in [0.4, 0.5) is 65.9 Å². The van der Waals surface area contributed by atoms with Crippen LogP contribution in [0.15, 0.2) is 185 Å². The Morgan fingerprint density at radius 2 is 0.765 bits per heavy atom. The van der Waals surface area contributed by atoms with Crippen LogP contribution in [0.5, 0.6) is 28.7 Å². The summed E-state index contributed by atoms with van der Waals surface area (Å²) in [5.41, 5.74) is -3.56. The summed E-state index contributed by atoms with van der Waals surface area (Å²) in [6.45, 7) is 4.71. The molecule has 7 heterocycles.